The number of nitrogens with one attached hydrogen (secondary N) is 3. The highest BCUT2D eigenvalue weighted by molar-refractivity contribution is 14.0. The lowest BCUT2D eigenvalue weighted by Gasteiger charge is -2.13. The van der Waals surface area contributed by atoms with Gasteiger partial charge in [0.05, 0.1) is 0 Å². The molecule has 146 valence electrons. The summed E-state index contributed by atoms with van der Waals surface area (Å²) in [6.45, 7) is 4.91. The van der Waals surface area contributed by atoms with Crippen LogP contribution in [0.1, 0.15) is 25.3 Å². The smallest absolute Gasteiger partial charge is 0.223 e. The van der Waals surface area contributed by atoms with Gasteiger partial charge in [-0.3, -0.25) is 9.79 Å². The molecular weight excluding hydrogens is 441 g/mol. The second kappa shape index (κ2) is 12.0. The molecule has 0 aromatic heterocycles. The van der Waals surface area contributed by atoms with Gasteiger partial charge in [0.15, 0.2) is 5.96 Å². The van der Waals surface area contributed by atoms with Crippen molar-refractivity contribution in [3.8, 4) is 0 Å². The molecule has 0 spiro atoms. The predicted octanol–water partition coefficient (Wildman–Crippen LogP) is 1.99. The SMILES string of the molecule is CCNC(=NCCc1ccc(N(C)C)cc1)NCCNC(=O)C1CC1.I. The van der Waals surface area contributed by atoms with Gasteiger partial charge in [0.1, 0.15) is 0 Å². The lowest BCUT2D eigenvalue weighted by atomic mass is 10.1. The Bertz CT molecular complexity index is 570. The third-order valence-electron chi connectivity index (χ3n) is 4.13. The predicted molar refractivity (Wildman–Crippen MR) is 120 cm³/mol. The highest BCUT2D eigenvalue weighted by atomic mass is 127. The minimum absolute atomic E-state index is 0. The number of benzene rings is 1. The Morgan fingerprint density at radius 1 is 1.12 bits per heavy atom. The molecule has 0 atom stereocenters. The van der Waals surface area contributed by atoms with Crippen molar-refractivity contribution in [3.63, 3.8) is 0 Å². The summed E-state index contributed by atoms with van der Waals surface area (Å²) in [7, 11) is 4.08. The molecule has 0 aliphatic heterocycles. The summed E-state index contributed by atoms with van der Waals surface area (Å²) in [4.78, 5) is 18.3. The zero-order valence-corrected chi connectivity index (χ0v) is 18.4. The Balaban J connectivity index is 0.00000338. The maximum Gasteiger partial charge on any atom is 0.223 e. The molecule has 1 aromatic carbocycles. The molecule has 0 saturated heterocycles. The average Bonchev–Trinajstić information content (AvgIpc) is 3.44. The van der Waals surface area contributed by atoms with Gasteiger partial charge >= 0.3 is 0 Å². The standard InChI is InChI=1S/C19H31N5O.HI/c1-4-20-19(23-14-13-21-18(25)16-7-8-16)22-12-11-15-5-9-17(10-6-15)24(2)3;/h5-6,9-10,16H,4,7-8,11-14H2,1-3H3,(H,21,25)(H2,20,22,23);1H. The van der Waals surface area contributed by atoms with Crippen LogP contribution < -0.4 is 20.9 Å². The van der Waals surface area contributed by atoms with Gasteiger partial charge in [-0.15, -0.1) is 24.0 Å². The van der Waals surface area contributed by atoms with Crippen LogP contribution in [0.5, 0.6) is 0 Å². The highest BCUT2D eigenvalue weighted by Crippen LogP contribution is 2.28. The minimum atomic E-state index is 0. The lowest BCUT2D eigenvalue weighted by molar-refractivity contribution is -0.122. The van der Waals surface area contributed by atoms with Gasteiger partial charge in [0.25, 0.3) is 0 Å². The van der Waals surface area contributed by atoms with Gasteiger partial charge in [-0.1, -0.05) is 12.1 Å². The van der Waals surface area contributed by atoms with E-state index in [4.69, 9.17) is 0 Å². The largest absolute Gasteiger partial charge is 0.378 e. The highest BCUT2D eigenvalue weighted by Gasteiger charge is 2.28. The second-order valence-electron chi connectivity index (χ2n) is 6.56. The molecule has 0 bridgehead atoms. The van der Waals surface area contributed by atoms with E-state index in [2.05, 4.69) is 50.1 Å². The molecule has 1 aliphatic rings. The molecule has 1 aromatic rings. The molecule has 1 saturated carbocycles. The number of rotatable bonds is 9. The van der Waals surface area contributed by atoms with E-state index in [1.54, 1.807) is 0 Å². The average molecular weight is 473 g/mol. The first-order chi connectivity index (χ1) is 12.1. The summed E-state index contributed by atoms with van der Waals surface area (Å²) in [5, 5.41) is 9.45. The van der Waals surface area contributed by atoms with Gasteiger partial charge in [-0.25, -0.2) is 0 Å². The zero-order chi connectivity index (χ0) is 18.1. The summed E-state index contributed by atoms with van der Waals surface area (Å²) < 4.78 is 0. The number of hydrogen-bond donors (Lipinski definition) is 3. The Morgan fingerprint density at radius 2 is 1.77 bits per heavy atom. The minimum Gasteiger partial charge on any atom is -0.378 e. The molecule has 1 amide bonds. The fraction of sp³-hybridized carbons (Fsp3) is 0.579. The Kier molecular flexibility index (Phi) is 10.4. The first-order valence-electron chi connectivity index (χ1n) is 9.16. The molecule has 0 heterocycles. The first-order valence-corrected chi connectivity index (χ1v) is 9.16. The zero-order valence-electron chi connectivity index (χ0n) is 16.0. The lowest BCUT2D eigenvalue weighted by Crippen LogP contribution is -2.41. The first kappa shape index (κ1) is 22.5. The van der Waals surface area contributed by atoms with Crippen LogP contribution in [0, 0.1) is 5.92 Å². The fourth-order valence-corrected chi connectivity index (χ4v) is 2.46. The van der Waals surface area contributed by atoms with Crippen LogP contribution in [0.15, 0.2) is 29.3 Å². The van der Waals surface area contributed by atoms with E-state index in [0.29, 0.717) is 13.1 Å². The monoisotopic (exact) mass is 473 g/mol. The van der Waals surface area contributed by atoms with Crippen molar-refractivity contribution in [2.75, 3.05) is 45.2 Å². The summed E-state index contributed by atoms with van der Waals surface area (Å²) >= 11 is 0. The van der Waals surface area contributed by atoms with E-state index in [9.17, 15) is 4.79 Å². The van der Waals surface area contributed by atoms with Gasteiger partial charge < -0.3 is 20.9 Å². The number of halogens is 1. The van der Waals surface area contributed by atoms with Gasteiger partial charge in [-0.05, 0) is 43.9 Å². The normalized spacial score (nSPS) is 13.6. The summed E-state index contributed by atoms with van der Waals surface area (Å²) in [6, 6.07) is 8.56. The van der Waals surface area contributed by atoms with E-state index in [0.717, 1.165) is 38.3 Å². The molecule has 26 heavy (non-hydrogen) atoms. The van der Waals surface area contributed by atoms with Crippen LogP contribution in [0.3, 0.4) is 0 Å². The third kappa shape index (κ3) is 8.25. The molecule has 0 unspecified atom stereocenters. The molecular formula is C19H32IN5O. The van der Waals surface area contributed by atoms with Crippen LogP contribution >= 0.6 is 24.0 Å². The maximum absolute atomic E-state index is 11.6. The van der Waals surface area contributed by atoms with Crippen molar-refractivity contribution < 1.29 is 4.79 Å². The molecule has 1 fully saturated rings. The number of carbonyl (C=O) groups is 1. The quantitative estimate of drug-likeness (QED) is 0.222. The van der Waals surface area contributed by atoms with Crippen molar-refractivity contribution >= 4 is 41.5 Å². The van der Waals surface area contributed by atoms with Crippen LogP contribution in [-0.4, -0.2) is 52.1 Å². The van der Waals surface area contributed by atoms with E-state index in [1.165, 1.54) is 11.3 Å². The van der Waals surface area contributed by atoms with Gasteiger partial charge in [0, 0.05) is 51.9 Å². The Hall–Kier alpha value is -1.51. The molecule has 0 radical (unpaired) electrons. The van der Waals surface area contributed by atoms with Crippen LogP contribution in [0.4, 0.5) is 5.69 Å². The summed E-state index contributed by atoms with van der Waals surface area (Å²) in [5.41, 5.74) is 2.48. The fourth-order valence-electron chi connectivity index (χ4n) is 2.46. The molecule has 6 nitrogen and oxygen atoms in total. The second-order valence-corrected chi connectivity index (χ2v) is 6.56. The van der Waals surface area contributed by atoms with Crippen LogP contribution in [0.25, 0.3) is 0 Å². The van der Waals surface area contributed by atoms with Crippen molar-refractivity contribution in [1.29, 1.82) is 0 Å². The van der Waals surface area contributed by atoms with E-state index < -0.39 is 0 Å². The summed E-state index contributed by atoms with van der Waals surface area (Å²) in [5.74, 6) is 1.25. The van der Waals surface area contributed by atoms with Gasteiger partial charge in [0.2, 0.25) is 5.91 Å². The number of nitrogens with zero attached hydrogens (tertiary/aromatic N) is 2. The number of aliphatic imine (C=N–C) groups is 1. The molecule has 2 rings (SSSR count). The van der Waals surface area contributed by atoms with Gasteiger partial charge in [-0.2, -0.15) is 0 Å². The number of guanidine groups is 1. The van der Waals surface area contributed by atoms with E-state index >= 15 is 0 Å². The van der Waals surface area contributed by atoms with Crippen LogP contribution in [0.2, 0.25) is 0 Å². The number of hydrogen-bond acceptors (Lipinski definition) is 3. The third-order valence-corrected chi connectivity index (χ3v) is 4.13. The topological polar surface area (TPSA) is 68.8 Å². The Labute approximate surface area is 174 Å². The number of amides is 1. The van der Waals surface area contributed by atoms with Crippen molar-refractivity contribution in [2.45, 2.75) is 26.2 Å². The molecule has 3 N–H and O–H groups in total. The van der Waals surface area contributed by atoms with Crippen molar-refractivity contribution in [3.05, 3.63) is 29.8 Å². The van der Waals surface area contributed by atoms with Crippen LogP contribution in [-0.2, 0) is 11.2 Å². The van der Waals surface area contributed by atoms with E-state index in [-0.39, 0.29) is 35.8 Å². The molecule has 1 aliphatic carbocycles. The molecule has 7 heteroatoms. The summed E-state index contributed by atoms with van der Waals surface area (Å²) in [6.07, 6.45) is 2.99. The van der Waals surface area contributed by atoms with Crippen molar-refractivity contribution in [1.82, 2.24) is 16.0 Å². The number of anilines is 1. The Morgan fingerprint density at radius 3 is 2.35 bits per heavy atom. The maximum atomic E-state index is 11.6. The number of carbonyl (C=O) groups excluding carboxylic acids is 1. The van der Waals surface area contributed by atoms with E-state index in [1.807, 2.05) is 21.0 Å². The van der Waals surface area contributed by atoms with Crippen molar-refractivity contribution in [2.24, 2.45) is 10.9 Å².